The Balaban J connectivity index is 2.44. The number of sulfone groups is 1. The van der Waals surface area contributed by atoms with Crippen LogP contribution in [0.2, 0.25) is 0 Å². The Morgan fingerprint density at radius 2 is 2.08 bits per heavy atom. The molecule has 2 aromatic rings. The third kappa shape index (κ3) is 3.45. The van der Waals surface area contributed by atoms with Crippen LogP contribution in [-0.2, 0) is 16.9 Å². The van der Waals surface area contributed by atoms with Crippen LogP contribution in [-0.4, -0.2) is 39.9 Å². The second kappa shape index (κ2) is 6.51. The standard InChI is InChI=1S/C14H16N4O6S/c1-4-25(23,24)9-5-6-11(19)10(7-9)15-14(20)12-13(18(21)22)8(2)17(3)16-12/h5-7,19H,4H2,1-3H3,(H,15,20). The van der Waals surface area contributed by atoms with Crippen LogP contribution in [0.4, 0.5) is 11.4 Å². The molecule has 134 valence electrons. The Bertz CT molecular complexity index is 964. The average molecular weight is 368 g/mol. The number of hydrogen-bond acceptors (Lipinski definition) is 7. The first kappa shape index (κ1) is 18.4. The van der Waals surface area contributed by atoms with E-state index in [2.05, 4.69) is 10.4 Å². The number of amides is 1. The van der Waals surface area contributed by atoms with Gasteiger partial charge in [-0.3, -0.25) is 19.6 Å². The van der Waals surface area contributed by atoms with Crippen LogP contribution in [0.3, 0.4) is 0 Å². The van der Waals surface area contributed by atoms with Crippen LogP contribution in [0.1, 0.15) is 23.1 Å². The molecular weight excluding hydrogens is 352 g/mol. The lowest BCUT2D eigenvalue weighted by atomic mass is 10.2. The fraction of sp³-hybridized carbons (Fsp3) is 0.286. The maximum Gasteiger partial charge on any atom is 0.322 e. The van der Waals surface area contributed by atoms with Gasteiger partial charge in [0.2, 0.25) is 5.69 Å². The van der Waals surface area contributed by atoms with Crippen molar-refractivity contribution in [2.45, 2.75) is 18.7 Å². The molecule has 0 bridgehead atoms. The number of nitrogens with zero attached hydrogens (tertiary/aromatic N) is 3. The van der Waals surface area contributed by atoms with Gasteiger partial charge in [-0.15, -0.1) is 0 Å². The van der Waals surface area contributed by atoms with Gasteiger partial charge in [0.1, 0.15) is 11.4 Å². The van der Waals surface area contributed by atoms with Gasteiger partial charge in [-0.05, 0) is 25.1 Å². The van der Waals surface area contributed by atoms with Gasteiger partial charge in [0.05, 0.1) is 21.3 Å². The first-order valence-corrected chi connectivity index (χ1v) is 8.78. The van der Waals surface area contributed by atoms with Crippen molar-refractivity contribution in [2.24, 2.45) is 7.05 Å². The molecule has 0 aliphatic carbocycles. The Hall–Kier alpha value is -2.95. The molecular formula is C14H16N4O6S. The van der Waals surface area contributed by atoms with Crippen molar-refractivity contribution in [3.8, 4) is 5.75 Å². The average Bonchev–Trinajstić information content (AvgIpc) is 2.85. The molecule has 25 heavy (non-hydrogen) atoms. The van der Waals surface area contributed by atoms with Crippen LogP contribution in [0.25, 0.3) is 0 Å². The van der Waals surface area contributed by atoms with Crippen LogP contribution in [0, 0.1) is 17.0 Å². The minimum Gasteiger partial charge on any atom is -0.506 e. The van der Waals surface area contributed by atoms with E-state index in [0.29, 0.717) is 0 Å². The third-order valence-corrected chi connectivity index (χ3v) is 5.39. The summed E-state index contributed by atoms with van der Waals surface area (Å²) in [5.41, 5.74) is -0.899. The number of rotatable bonds is 5. The summed E-state index contributed by atoms with van der Waals surface area (Å²) in [7, 11) is -2.10. The van der Waals surface area contributed by atoms with Crippen molar-refractivity contribution >= 4 is 27.1 Å². The molecule has 11 heteroatoms. The molecule has 1 amide bonds. The summed E-state index contributed by atoms with van der Waals surface area (Å²) in [5.74, 6) is -1.47. The number of aromatic nitrogens is 2. The maximum absolute atomic E-state index is 12.3. The SMILES string of the molecule is CCS(=O)(=O)c1ccc(O)c(NC(=O)c2nn(C)c(C)c2[N+](=O)[O-])c1. The van der Waals surface area contributed by atoms with Crippen LogP contribution in [0.5, 0.6) is 5.75 Å². The molecule has 0 fully saturated rings. The number of nitrogens with one attached hydrogen (secondary N) is 1. The zero-order chi connectivity index (χ0) is 18.9. The second-order valence-corrected chi connectivity index (χ2v) is 7.48. The monoisotopic (exact) mass is 368 g/mol. The van der Waals surface area contributed by atoms with Crippen molar-refractivity contribution in [2.75, 3.05) is 11.1 Å². The van der Waals surface area contributed by atoms with Crippen molar-refractivity contribution in [3.05, 3.63) is 39.7 Å². The molecule has 0 atom stereocenters. The van der Waals surface area contributed by atoms with Gasteiger partial charge < -0.3 is 10.4 Å². The lowest BCUT2D eigenvalue weighted by Gasteiger charge is -2.08. The highest BCUT2D eigenvalue weighted by molar-refractivity contribution is 7.91. The zero-order valence-electron chi connectivity index (χ0n) is 13.7. The fourth-order valence-corrected chi connectivity index (χ4v) is 3.03. The number of carbonyl (C=O) groups is 1. The highest BCUT2D eigenvalue weighted by Crippen LogP contribution is 2.29. The van der Waals surface area contributed by atoms with E-state index >= 15 is 0 Å². The molecule has 1 aromatic heterocycles. The summed E-state index contributed by atoms with van der Waals surface area (Å²) < 4.78 is 25.0. The first-order chi connectivity index (χ1) is 11.6. The number of aryl methyl sites for hydroxylation is 1. The summed E-state index contributed by atoms with van der Waals surface area (Å²) in [6.07, 6.45) is 0. The molecule has 10 nitrogen and oxygen atoms in total. The summed E-state index contributed by atoms with van der Waals surface area (Å²) in [4.78, 5) is 22.7. The van der Waals surface area contributed by atoms with Crippen molar-refractivity contribution in [1.82, 2.24) is 9.78 Å². The molecule has 2 N–H and O–H groups in total. The number of nitro groups is 1. The van der Waals surface area contributed by atoms with Gasteiger partial charge in [-0.25, -0.2) is 8.42 Å². The van der Waals surface area contributed by atoms with Gasteiger partial charge in [0, 0.05) is 7.05 Å². The van der Waals surface area contributed by atoms with Crippen molar-refractivity contribution in [3.63, 3.8) is 0 Å². The fourth-order valence-electron chi connectivity index (χ4n) is 2.13. The molecule has 2 rings (SSSR count). The maximum atomic E-state index is 12.3. The quantitative estimate of drug-likeness (QED) is 0.461. The topological polar surface area (TPSA) is 144 Å². The number of anilines is 1. The molecule has 0 saturated carbocycles. The second-order valence-electron chi connectivity index (χ2n) is 5.20. The predicted octanol–water partition coefficient (Wildman–Crippen LogP) is 1.39. The van der Waals surface area contributed by atoms with E-state index in [0.717, 1.165) is 12.1 Å². The molecule has 0 spiro atoms. The minimum atomic E-state index is -3.55. The molecule has 0 saturated heterocycles. The van der Waals surface area contributed by atoms with Gasteiger partial charge in [-0.1, -0.05) is 6.92 Å². The summed E-state index contributed by atoms with van der Waals surface area (Å²) in [6, 6.07) is 3.42. The number of phenols is 1. The van der Waals surface area contributed by atoms with E-state index in [1.54, 1.807) is 0 Å². The Morgan fingerprint density at radius 1 is 1.44 bits per heavy atom. The normalized spacial score (nSPS) is 11.3. The van der Waals surface area contributed by atoms with Crippen molar-refractivity contribution < 1.29 is 23.2 Å². The summed E-state index contributed by atoms with van der Waals surface area (Å²) >= 11 is 0. The highest BCUT2D eigenvalue weighted by Gasteiger charge is 2.29. The van der Waals surface area contributed by atoms with E-state index in [1.165, 1.54) is 31.6 Å². The number of benzene rings is 1. The number of aromatic hydroxyl groups is 1. The van der Waals surface area contributed by atoms with Crippen LogP contribution in [0.15, 0.2) is 23.1 Å². The van der Waals surface area contributed by atoms with E-state index < -0.39 is 32.0 Å². The number of hydrogen-bond donors (Lipinski definition) is 2. The van der Waals surface area contributed by atoms with Gasteiger partial charge in [-0.2, -0.15) is 5.10 Å². The Morgan fingerprint density at radius 3 is 2.64 bits per heavy atom. The third-order valence-electron chi connectivity index (χ3n) is 3.66. The van der Waals surface area contributed by atoms with Gasteiger partial charge >= 0.3 is 5.69 Å². The largest absolute Gasteiger partial charge is 0.506 e. The molecule has 1 heterocycles. The first-order valence-electron chi connectivity index (χ1n) is 7.13. The van der Waals surface area contributed by atoms with E-state index in [-0.39, 0.29) is 27.8 Å². The minimum absolute atomic E-state index is 0.0881. The van der Waals surface area contributed by atoms with Crippen LogP contribution >= 0.6 is 0 Å². The lowest BCUT2D eigenvalue weighted by Crippen LogP contribution is -2.15. The molecule has 1 aromatic carbocycles. The highest BCUT2D eigenvalue weighted by atomic mass is 32.2. The summed E-state index contributed by atoms with van der Waals surface area (Å²) in [6.45, 7) is 2.90. The van der Waals surface area contributed by atoms with Gasteiger partial charge in [0.25, 0.3) is 5.91 Å². The zero-order valence-corrected chi connectivity index (χ0v) is 14.5. The molecule has 0 aliphatic rings. The number of phenolic OH excluding ortho intramolecular Hbond substituents is 1. The lowest BCUT2D eigenvalue weighted by molar-refractivity contribution is -0.385. The molecule has 0 unspecified atom stereocenters. The Kier molecular flexibility index (Phi) is 4.79. The van der Waals surface area contributed by atoms with E-state index in [4.69, 9.17) is 0 Å². The van der Waals surface area contributed by atoms with E-state index in [9.17, 15) is 28.4 Å². The smallest absolute Gasteiger partial charge is 0.322 e. The van der Waals surface area contributed by atoms with E-state index in [1.807, 2.05) is 0 Å². The molecule has 0 radical (unpaired) electrons. The van der Waals surface area contributed by atoms with Gasteiger partial charge in [0.15, 0.2) is 9.84 Å². The van der Waals surface area contributed by atoms with Crippen LogP contribution < -0.4 is 5.32 Å². The van der Waals surface area contributed by atoms with Crippen molar-refractivity contribution in [1.29, 1.82) is 0 Å². The predicted molar refractivity (Wildman–Crippen MR) is 88.4 cm³/mol. The number of carbonyl (C=O) groups excluding carboxylic acids is 1. The molecule has 0 aliphatic heterocycles. The Labute approximate surface area is 143 Å². The summed E-state index contributed by atoms with van der Waals surface area (Å²) in [5, 5.41) is 27.1.